The molecule has 0 aliphatic carbocycles. The van der Waals surface area contributed by atoms with E-state index in [0.29, 0.717) is 18.2 Å². The zero-order chi connectivity index (χ0) is 6.97. The van der Waals surface area contributed by atoms with Crippen molar-refractivity contribution >= 4 is 24.1 Å². The van der Waals surface area contributed by atoms with Gasteiger partial charge in [-0.2, -0.15) is 0 Å². The third kappa shape index (κ3) is 1.14. The van der Waals surface area contributed by atoms with Crippen LogP contribution in [0.4, 0.5) is 5.82 Å². The second kappa shape index (κ2) is 2.79. The standard InChI is InChI=1S/C5H6N4O.ClH/c10-5-3-4(7-1-6-3)8-2-9-5;/h1,8H,2H2,(H,6,7)(H,9,10);1H. The molecule has 1 aromatic heterocycles. The van der Waals surface area contributed by atoms with E-state index in [9.17, 15) is 4.79 Å². The number of hydrogen-bond acceptors (Lipinski definition) is 3. The van der Waals surface area contributed by atoms with E-state index in [0.717, 1.165) is 0 Å². The number of nitrogens with zero attached hydrogens (tertiary/aromatic N) is 1. The van der Waals surface area contributed by atoms with Gasteiger partial charge < -0.3 is 15.6 Å². The highest BCUT2D eigenvalue weighted by Gasteiger charge is 2.17. The molecule has 1 amide bonds. The molecule has 6 heteroatoms. The summed E-state index contributed by atoms with van der Waals surface area (Å²) in [4.78, 5) is 17.5. The molecule has 3 N–H and O–H groups in total. The summed E-state index contributed by atoms with van der Waals surface area (Å²) in [6.45, 7) is 0.455. The predicted octanol–water partition coefficient (Wildman–Crippen LogP) is -0.0557. The topological polar surface area (TPSA) is 69.8 Å². The van der Waals surface area contributed by atoms with Crippen molar-refractivity contribution in [3.05, 3.63) is 12.0 Å². The summed E-state index contributed by atoms with van der Waals surface area (Å²) in [5, 5.41) is 5.50. The number of rotatable bonds is 0. The molecule has 60 valence electrons. The summed E-state index contributed by atoms with van der Waals surface area (Å²) in [6, 6.07) is 0. The lowest BCUT2D eigenvalue weighted by Crippen LogP contribution is -2.34. The molecule has 5 nitrogen and oxygen atoms in total. The zero-order valence-electron chi connectivity index (χ0n) is 5.55. The van der Waals surface area contributed by atoms with Gasteiger partial charge in [0.15, 0.2) is 5.82 Å². The number of halogens is 1. The third-order valence-corrected chi connectivity index (χ3v) is 1.37. The van der Waals surface area contributed by atoms with Crippen LogP contribution in [0.1, 0.15) is 10.5 Å². The molecule has 0 bridgehead atoms. The molecule has 2 heterocycles. The molecule has 0 saturated carbocycles. The molecule has 2 rings (SSSR count). The molecule has 1 aliphatic heterocycles. The molecule has 1 aromatic rings. The first kappa shape index (κ1) is 7.87. The Hall–Kier alpha value is -1.23. The number of carbonyl (C=O) groups is 1. The van der Waals surface area contributed by atoms with E-state index in [1.165, 1.54) is 6.33 Å². The Kier molecular flexibility index (Phi) is 2.00. The summed E-state index contributed by atoms with van der Waals surface area (Å²) in [7, 11) is 0. The van der Waals surface area contributed by atoms with Crippen molar-refractivity contribution in [1.29, 1.82) is 0 Å². The Morgan fingerprint density at radius 3 is 3.00 bits per heavy atom. The van der Waals surface area contributed by atoms with Crippen molar-refractivity contribution in [3.8, 4) is 0 Å². The van der Waals surface area contributed by atoms with Gasteiger partial charge in [-0.05, 0) is 0 Å². The first-order chi connectivity index (χ1) is 4.88. The monoisotopic (exact) mass is 174 g/mol. The summed E-state index contributed by atoms with van der Waals surface area (Å²) in [5.74, 6) is 0.523. The van der Waals surface area contributed by atoms with E-state index in [2.05, 4.69) is 20.6 Å². The van der Waals surface area contributed by atoms with Crippen LogP contribution in [0.3, 0.4) is 0 Å². The molecule has 11 heavy (non-hydrogen) atoms. The van der Waals surface area contributed by atoms with Crippen LogP contribution in [-0.2, 0) is 0 Å². The lowest BCUT2D eigenvalue weighted by Gasteiger charge is -2.12. The van der Waals surface area contributed by atoms with Gasteiger partial charge in [0.2, 0.25) is 0 Å². The van der Waals surface area contributed by atoms with Crippen molar-refractivity contribution in [2.75, 3.05) is 12.0 Å². The van der Waals surface area contributed by atoms with Gasteiger partial charge in [0.1, 0.15) is 5.69 Å². The second-order valence-electron chi connectivity index (χ2n) is 1.99. The van der Waals surface area contributed by atoms with Crippen molar-refractivity contribution in [2.45, 2.75) is 0 Å². The Balaban J connectivity index is 0.000000605. The minimum absolute atomic E-state index is 0. The third-order valence-electron chi connectivity index (χ3n) is 1.37. The molecule has 0 radical (unpaired) electrons. The maximum atomic E-state index is 10.9. The van der Waals surface area contributed by atoms with Crippen LogP contribution in [0.15, 0.2) is 6.33 Å². The van der Waals surface area contributed by atoms with Gasteiger partial charge in [-0.3, -0.25) is 4.79 Å². The summed E-state index contributed by atoms with van der Waals surface area (Å²) >= 11 is 0. The van der Waals surface area contributed by atoms with Gasteiger partial charge in [0, 0.05) is 0 Å². The van der Waals surface area contributed by atoms with Gasteiger partial charge in [0.25, 0.3) is 5.91 Å². The number of aromatic nitrogens is 2. The van der Waals surface area contributed by atoms with Gasteiger partial charge in [-0.1, -0.05) is 0 Å². The Labute approximate surface area is 69.0 Å². The van der Waals surface area contributed by atoms with Crippen LogP contribution < -0.4 is 10.6 Å². The number of nitrogens with one attached hydrogen (secondary N) is 3. The van der Waals surface area contributed by atoms with Crippen LogP contribution in [-0.4, -0.2) is 22.5 Å². The molecule has 0 atom stereocenters. The van der Waals surface area contributed by atoms with Gasteiger partial charge >= 0.3 is 0 Å². The van der Waals surface area contributed by atoms with Crippen molar-refractivity contribution < 1.29 is 4.79 Å². The zero-order valence-corrected chi connectivity index (χ0v) is 6.36. The molecule has 0 spiro atoms. The van der Waals surface area contributed by atoms with E-state index >= 15 is 0 Å². The lowest BCUT2D eigenvalue weighted by atomic mass is 10.3. The van der Waals surface area contributed by atoms with E-state index in [4.69, 9.17) is 0 Å². The van der Waals surface area contributed by atoms with Gasteiger partial charge in [0.05, 0.1) is 13.0 Å². The fourth-order valence-electron chi connectivity index (χ4n) is 0.898. The summed E-state index contributed by atoms with van der Waals surface area (Å²) < 4.78 is 0. The van der Waals surface area contributed by atoms with Gasteiger partial charge in [-0.25, -0.2) is 4.98 Å². The average Bonchev–Trinajstić information content (AvgIpc) is 2.36. The minimum atomic E-state index is -0.105. The number of hydrogen-bond donors (Lipinski definition) is 3. The number of fused-ring (bicyclic) bond motifs is 1. The second-order valence-corrected chi connectivity index (χ2v) is 1.99. The lowest BCUT2D eigenvalue weighted by molar-refractivity contribution is 0.0948. The molecular weight excluding hydrogens is 168 g/mol. The van der Waals surface area contributed by atoms with Crippen LogP contribution >= 0.6 is 12.4 Å². The first-order valence-electron chi connectivity index (χ1n) is 2.93. The highest BCUT2D eigenvalue weighted by molar-refractivity contribution is 5.98. The SMILES string of the molecule is Cl.O=C1NCNc2nc[nH]c21. The molecule has 0 aromatic carbocycles. The average molecular weight is 175 g/mol. The predicted molar refractivity (Wildman–Crippen MR) is 41.8 cm³/mol. The van der Waals surface area contributed by atoms with E-state index in [1.807, 2.05) is 0 Å². The van der Waals surface area contributed by atoms with Crippen LogP contribution in [0, 0.1) is 0 Å². The fraction of sp³-hybridized carbons (Fsp3) is 0.200. The molecular formula is C5H7ClN4O. The van der Waals surface area contributed by atoms with E-state index in [-0.39, 0.29) is 18.3 Å². The molecule has 0 fully saturated rings. The quantitative estimate of drug-likeness (QED) is 0.516. The van der Waals surface area contributed by atoms with Crippen molar-refractivity contribution in [2.24, 2.45) is 0 Å². The van der Waals surface area contributed by atoms with Crippen LogP contribution in [0.2, 0.25) is 0 Å². The maximum Gasteiger partial charge on any atom is 0.272 e. The molecule has 0 unspecified atom stereocenters. The minimum Gasteiger partial charge on any atom is -0.351 e. The van der Waals surface area contributed by atoms with Gasteiger partial charge in [-0.15, -0.1) is 12.4 Å². The number of H-pyrrole nitrogens is 1. The van der Waals surface area contributed by atoms with E-state index < -0.39 is 0 Å². The number of anilines is 1. The summed E-state index contributed by atoms with van der Waals surface area (Å²) in [5.41, 5.74) is 0.506. The van der Waals surface area contributed by atoms with E-state index in [1.54, 1.807) is 0 Å². The Morgan fingerprint density at radius 2 is 2.27 bits per heavy atom. The number of carbonyl (C=O) groups excluding carboxylic acids is 1. The van der Waals surface area contributed by atoms with Crippen LogP contribution in [0.25, 0.3) is 0 Å². The number of aromatic amines is 1. The van der Waals surface area contributed by atoms with Crippen molar-refractivity contribution in [3.63, 3.8) is 0 Å². The smallest absolute Gasteiger partial charge is 0.272 e. The highest BCUT2D eigenvalue weighted by Crippen LogP contribution is 2.10. The Morgan fingerprint density at radius 1 is 1.45 bits per heavy atom. The summed E-state index contributed by atoms with van der Waals surface area (Å²) in [6.07, 6.45) is 1.49. The number of imidazole rings is 1. The molecule has 1 aliphatic rings. The normalized spacial score (nSPS) is 14.0. The highest BCUT2D eigenvalue weighted by atomic mass is 35.5. The first-order valence-corrected chi connectivity index (χ1v) is 2.93. The van der Waals surface area contributed by atoms with Crippen LogP contribution in [0.5, 0.6) is 0 Å². The Bertz CT molecular complexity index is 271. The molecule has 0 saturated heterocycles. The maximum absolute atomic E-state index is 10.9. The fourth-order valence-corrected chi connectivity index (χ4v) is 0.898. The largest absolute Gasteiger partial charge is 0.351 e. The van der Waals surface area contributed by atoms with Crippen molar-refractivity contribution in [1.82, 2.24) is 15.3 Å². The number of amides is 1.